The molecule has 0 aromatic rings. The molecular formula is C12H17N5O2. The molecule has 2 rings (SSSR count). The molecule has 2 heterocycles. The second-order valence-corrected chi connectivity index (χ2v) is 4.46. The van der Waals surface area contributed by atoms with Crippen molar-refractivity contribution in [2.75, 3.05) is 39.4 Å². The average Bonchev–Trinajstić information content (AvgIpc) is 2.99. The lowest BCUT2D eigenvalue weighted by atomic mass is 10.4. The summed E-state index contributed by atoms with van der Waals surface area (Å²) in [5.41, 5.74) is 0. The molecule has 0 aliphatic carbocycles. The Kier molecular flexibility index (Phi) is 5.10. The van der Waals surface area contributed by atoms with E-state index in [0.29, 0.717) is 13.2 Å². The third-order valence-electron chi connectivity index (χ3n) is 3.25. The number of amidine groups is 1. The van der Waals surface area contributed by atoms with Gasteiger partial charge in [0.15, 0.2) is 0 Å². The van der Waals surface area contributed by atoms with Gasteiger partial charge in [0.05, 0.1) is 18.4 Å². The van der Waals surface area contributed by atoms with Crippen molar-refractivity contribution in [1.29, 1.82) is 5.26 Å². The topological polar surface area (TPSA) is 65.5 Å². The fraction of sp³-hybridized carbons (Fsp3) is 0.750. The number of oxime groups is 1. The lowest BCUT2D eigenvalue weighted by molar-refractivity contribution is -0.166. The number of nitriles is 1. The van der Waals surface area contributed by atoms with Crippen LogP contribution in [0.1, 0.15) is 12.8 Å². The summed E-state index contributed by atoms with van der Waals surface area (Å²) >= 11 is 0. The predicted molar refractivity (Wildman–Crippen MR) is 67.7 cm³/mol. The van der Waals surface area contributed by atoms with Crippen LogP contribution in [-0.2, 0) is 9.57 Å². The molecule has 0 amide bonds. The molecule has 19 heavy (non-hydrogen) atoms. The van der Waals surface area contributed by atoms with Gasteiger partial charge in [-0.25, -0.2) is 10.2 Å². The Morgan fingerprint density at radius 2 is 1.89 bits per heavy atom. The van der Waals surface area contributed by atoms with Gasteiger partial charge < -0.3 is 9.58 Å². The molecule has 2 saturated heterocycles. The van der Waals surface area contributed by atoms with Crippen LogP contribution in [-0.4, -0.2) is 61.4 Å². The molecule has 1 atom stereocenters. The lowest BCUT2D eigenvalue weighted by Crippen LogP contribution is -2.52. The van der Waals surface area contributed by atoms with E-state index < -0.39 is 0 Å². The van der Waals surface area contributed by atoms with Gasteiger partial charge in [0.25, 0.3) is 6.35 Å². The summed E-state index contributed by atoms with van der Waals surface area (Å²) in [5.74, 6) is -0.266. The highest BCUT2D eigenvalue weighted by Crippen LogP contribution is 2.17. The fourth-order valence-electron chi connectivity index (χ4n) is 2.29. The maximum atomic E-state index is 8.69. The van der Waals surface area contributed by atoms with Gasteiger partial charge in [-0.2, -0.15) is 0 Å². The van der Waals surface area contributed by atoms with Crippen LogP contribution in [0.2, 0.25) is 0 Å². The van der Waals surface area contributed by atoms with Crippen molar-refractivity contribution in [2.45, 2.75) is 19.2 Å². The number of hydrogen-bond donors (Lipinski definition) is 0. The Bertz CT molecular complexity index is 383. The highest BCUT2D eigenvalue weighted by Gasteiger charge is 2.32. The van der Waals surface area contributed by atoms with E-state index in [1.807, 2.05) is 0 Å². The zero-order valence-corrected chi connectivity index (χ0v) is 10.8. The van der Waals surface area contributed by atoms with E-state index in [4.69, 9.17) is 21.4 Å². The summed E-state index contributed by atoms with van der Waals surface area (Å²) in [4.78, 5) is 12.8. The minimum absolute atomic E-state index is 0.266. The summed E-state index contributed by atoms with van der Waals surface area (Å²) in [5, 5.41) is 12.4. The Morgan fingerprint density at radius 3 is 2.47 bits per heavy atom. The Labute approximate surface area is 112 Å². The molecule has 102 valence electrons. The molecule has 0 N–H and O–H groups in total. The molecule has 0 aromatic heterocycles. The van der Waals surface area contributed by atoms with Gasteiger partial charge in [0, 0.05) is 26.2 Å². The van der Waals surface area contributed by atoms with E-state index in [0.717, 1.165) is 39.0 Å². The number of nitrogens with zero attached hydrogens (tertiary/aromatic N) is 5. The monoisotopic (exact) mass is 263 g/mol. The van der Waals surface area contributed by atoms with Gasteiger partial charge in [-0.1, -0.05) is 6.57 Å². The van der Waals surface area contributed by atoms with E-state index >= 15 is 0 Å². The number of rotatable bonds is 4. The van der Waals surface area contributed by atoms with Crippen LogP contribution in [0.5, 0.6) is 0 Å². The zero-order valence-electron chi connectivity index (χ0n) is 10.8. The standard InChI is InChI=1S/C12H17N5O2/c1-14-11(10-13)15-19-12(16-4-2-3-5-16)17-6-8-18-9-7-17/h12H,2-9H2/b15-11-. The van der Waals surface area contributed by atoms with Crippen LogP contribution in [0.4, 0.5) is 0 Å². The summed E-state index contributed by atoms with van der Waals surface area (Å²) in [7, 11) is 0. The molecule has 2 fully saturated rings. The third-order valence-corrected chi connectivity index (χ3v) is 3.25. The summed E-state index contributed by atoms with van der Waals surface area (Å²) in [6.45, 7) is 11.6. The molecule has 0 spiro atoms. The first kappa shape index (κ1) is 13.8. The van der Waals surface area contributed by atoms with Gasteiger partial charge in [-0.3, -0.25) is 9.74 Å². The molecule has 2 aliphatic heterocycles. The largest absolute Gasteiger partial charge is 0.392 e. The molecular weight excluding hydrogens is 246 g/mol. The normalized spacial score (nSPS) is 23.6. The van der Waals surface area contributed by atoms with Gasteiger partial charge in [-0.15, -0.1) is 0 Å². The summed E-state index contributed by atoms with van der Waals surface area (Å²) in [6, 6.07) is 1.71. The van der Waals surface area contributed by atoms with E-state index in [-0.39, 0.29) is 12.2 Å². The van der Waals surface area contributed by atoms with Crippen LogP contribution in [0.25, 0.3) is 4.85 Å². The van der Waals surface area contributed by atoms with Crippen molar-refractivity contribution < 1.29 is 9.57 Å². The highest BCUT2D eigenvalue weighted by molar-refractivity contribution is 6.03. The van der Waals surface area contributed by atoms with Crippen molar-refractivity contribution in [2.24, 2.45) is 5.16 Å². The van der Waals surface area contributed by atoms with Crippen molar-refractivity contribution in [3.05, 3.63) is 11.4 Å². The van der Waals surface area contributed by atoms with Gasteiger partial charge >= 0.3 is 5.84 Å². The molecule has 2 aliphatic rings. The molecule has 7 heteroatoms. The van der Waals surface area contributed by atoms with Crippen molar-refractivity contribution >= 4 is 5.84 Å². The first-order valence-corrected chi connectivity index (χ1v) is 6.42. The van der Waals surface area contributed by atoms with E-state index in [1.165, 1.54) is 0 Å². The van der Waals surface area contributed by atoms with Crippen molar-refractivity contribution in [1.82, 2.24) is 9.80 Å². The Hall–Kier alpha value is -1.67. The molecule has 0 saturated carbocycles. The molecule has 1 unspecified atom stereocenters. The second kappa shape index (κ2) is 7.05. The van der Waals surface area contributed by atoms with Crippen molar-refractivity contribution in [3.63, 3.8) is 0 Å². The second-order valence-electron chi connectivity index (χ2n) is 4.46. The maximum Gasteiger partial charge on any atom is 0.392 e. The smallest absolute Gasteiger partial charge is 0.379 e. The zero-order chi connectivity index (χ0) is 13.5. The lowest BCUT2D eigenvalue weighted by Gasteiger charge is -2.35. The van der Waals surface area contributed by atoms with Crippen LogP contribution >= 0.6 is 0 Å². The average molecular weight is 263 g/mol. The first-order chi connectivity index (χ1) is 9.35. The number of ether oxygens (including phenoxy) is 1. The quantitative estimate of drug-likeness (QED) is 0.319. The fourth-order valence-corrected chi connectivity index (χ4v) is 2.29. The Balaban J connectivity index is 2.03. The van der Waals surface area contributed by atoms with E-state index in [9.17, 15) is 0 Å². The van der Waals surface area contributed by atoms with Crippen LogP contribution in [0.3, 0.4) is 0 Å². The SMILES string of the molecule is [C-]#[N+]/C(C#N)=N\OC(N1CCCC1)N1CCOCC1. The summed E-state index contributed by atoms with van der Waals surface area (Å²) in [6.07, 6.45) is 1.99. The molecule has 0 radical (unpaired) electrons. The van der Waals surface area contributed by atoms with Gasteiger partial charge in [0.1, 0.15) is 6.07 Å². The molecule has 0 bridgehead atoms. The van der Waals surface area contributed by atoms with E-state index in [2.05, 4.69) is 19.8 Å². The minimum Gasteiger partial charge on any atom is -0.379 e. The highest BCUT2D eigenvalue weighted by atomic mass is 16.7. The summed E-state index contributed by atoms with van der Waals surface area (Å²) < 4.78 is 5.33. The van der Waals surface area contributed by atoms with Gasteiger partial charge in [0.2, 0.25) is 0 Å². The van der Waals surface area contributed by atoms with Gasteiger partial charge in [-0.05, 0) is 12.8 Å². The number of morpholine rings is 1. The molecule has 0 aromatic carbocycles. The predicted octanol–water partition coefficient (Wildman–Crippen LogP) is 0.471. The van der Waals surface area contributed by atoms with Crippen LogP contribution < -0.4 is 0 Å². The van der Waals surface area contributed by atoms with Crippen LogP contribution in [0, 0.1) is 17.9 Å². The number of likely N-dealkylation sites (tertiary alicyclic amines) is 1. The van der Waals surface area contributed by atoms with Crippen LogP contribution in [0.15, 0.2) is 5.16 Å². The van der Waals surface area contributed by atoms with Crippen molar-refractivity contribution in [3.8, 4) is 6.07 Å². The first-order valence-electron chi connectivity index (χ1n) is 6.42. The maximum absolute atomic E-state index is 8.69. The minimum atomic E-state index is -0.295. The molecule has 7 nitrogen and oxygen atoms in total. The third kappa shape index (κ3) is 3.65. The van der Waals surface area contributed by atoms with E-state index in [1.54, 1.807) is 6.07 Å². The number of hydrogen-bond acceptors (Lipinski definition) is 6. The Morgan fingerprint density at radius 1 is 1.26 bits per heavy atom.